The summed E-state index contributed by atoms with van der Waals surface area (Å²) in [6.45, 7) is 0.159. The summed E-state index contributed by atoms with van der Waals surface area (Å²) in [5.41, 5.74) is 0.0182. The van der Waals surface area contributed by atoms with E-state index < -0.39 is 23.3 Å². The standard InChI is InChI=1S/C17H13FN4O3/c18-11-5-3-10(4-6-11)17(15(24)20-16(25)21-17)9-22-8-13-12(14(22)23)2-1-7-19-13/h1-7H,8-9H2,(H2,20,21,24,25)/t17-/m0/s1. The molecule has 0 radical (unpaired) electrons. The highest BCUT2D eigenvalue weighted by molar-refractivity contribution is 6.08. The summed E-state index contributed by atoms with van der Waals surface area (Å²) in [4.78, 5) is 42.5. The van der Waals surface area contributed by atoms with Crippen molar-refractivity contribution >= 4 is 17.8 Å². The van der Waals surface area contributed by atoms with Crippen LogP contribution in [-0.4, -0.2) is 34.3 Å². The molecule has 4 rings (SSSR count). The summed E-state index contributed by atoms with van der Waals surface area (Å²) < 4.78 is 13.3. The van der Waals surface area contributed by atoms with Crippen molar-refractivity contribution in [2.24, 2.45) is 0 Å². The molecule has 0 unspecified atom stereocenters. The lowest BCUT2D eigenvalue weighted by Crippen LogP contribution is -2.52. The predicted molar refractivity (Wildman–Crippen MR) is 83.7 cm³/mol. The van der Waals surface area contributed by atoms with Crippen LogP contribution in [0.25, 0.3) is 0 Å². The number of hydrogen-bond acceptors (Lipinski definition) is 4. The Hall–Kier alpha value is -3.29. The molecule has 0 bridgehead atoms. The maximum atomic E-state index is 13.3. The molecule has 4 amide bonds. The zero-order chi connectivity index (χ0) is 17.6. The van der Waals surface area contributed by atoms with E-state index in [2.05, 4.69) is 15.6 Å². The number of hydrogen-bond donors (Lipinski definition) is 2. The number of amides is 4. The number of carbonyl (C=O) groups is 3. The monoisotopic (exact) mass is 340 g/mol. The van der Waals surface area contributed by atoms with Crippen LogP contribution in [0.2, 0.25) is 0 Å². The molecule has 3 heterocycles. The van der Waals surface area contributed by atoms with Crippen LogP contribution >= 0.6 is 0 Å². The van der Waals surface area contributed by atoms with E-state index >= 15 is 0 Å². The van der Waals surface area contributed by atoms with Gasteiger partial charge in [0.05, 0.1) is 24.3 Å². The predicted octanol–water partition coefficient (Wildman–Crippen LogP) is 0.911. The van der Waals surface area contributed by atoms with E-state index in [0.717, 1.165) is 0 Å². The first-order valence-electron chi connectivity index (χ1n) is 7.62. The van der Waals surface area contributed by atoms with Crippen LogP contribution in [0.15, 0.2) is 42.6 Å². The lowest BCUT2D eigenvalue weighted by molar-refractivity contribution is -0.124. The van der Waals surface area contributed by atoms with Gasteiger partial charge < -0.3 is 10.2 Å². The van der Waals surface area contributed by atoms with Crippen molar-refractivity contribution in [3.63, 3.8) is 0 Å². The summed E-state index contributed by atoms with van der Waals surface area (Å²) in [7, 11) is 0. The minimum Gasteiger partial charge on any atom is -0.329 e. The van der Waals surface area contributed by atoms with Crippen molar-refractivity contribution in [1.29, 1.82) is 0 Å². The van der Waals surface area contributed by atoms with E-state index in [9.17, 15) is 18.8 Å². The highest BCUT2D eigenvalue weighted by Crippen LogP contribution is 2.30. The Morgan fingerprint density at radius 2 is 1.92 bits per heavy atom. The summed E-state index contributed by atoms with van der Waals surface area (Å²) in [5, 5.41) is 4.79. The topological polar surface area (TPSA) is 91.4 Å². The lowest BCUT2D eigenvalue weighted by atomic mass is 9.89. The molecule has 0 spiro atoms. The third kappa shape index (κ3) is 2.34. The maximum absolute atomic E-state index is 13.3. The number of benzene rings is 1. The summed E-state index contributed by atoms with van der Waals surface area (Å²) in [6, 6.07) is 7.94. The summed E-state index contributed by atoms with van der Waals surface area (Å²) in [6.07, 6.45) is 1.59. The second-order valence-electron chi connectivity index (χ2n) is 5.98. The van der Waals surface area contributed by atoms with E-state index in [1.54, 1.807) is 18.3 Å². The van der Waals surface area contributed by atoms with Gasteiger partial charge in [0.15, 0.2) is 5.54 Å². The van der Waals surface area contributed by atoms with Crippen LogP contribution in [0, 0.1) is 5.82 Å². The van der Waals surface area contributed by atoms with E-state index in [1.807, 2.05) is 0 Å². The third-order valence-corrected chi connectivity index (χ3v) is 4.46. The van der Waals surface area contributed by atoms with Crippen molar-refractivity contribution in [2.45, 2.75) is 12.1 Å². The molecule has 8 heteroatoms. The third-order valence-electron chi connectivity index (χ3n) is 4.46. The molecule has 1 atom stereocenters. The quantitative estimate of drug-likeness (QED) is 0.813. The highest BCUT2D eigenvalue weighted by Gasteiger charge is 2.50. The number of pyridine rings is 1. The van der Waals surface area contributed by atoms with E-state index in [-0.39, 0.29) is 19.0 Å². The molecular formula is C17H13FN4O3. The molecule has 2 N–H and O–H groups in total. The van der Waals surface area contributed by atoms with E-state index in [1.165, 1.54) is 29.2 Å². The zero-order valence-corrected chi connectivity index (χ0v) is 13.0. The van der Waals surface area contributed by atoms with Crippen molar-refractivity contribution in [3.05, 3.63) is 65.2 Å². The number of nitrogens with zero attached hydrogens (tertiary/aromatic N) is 2. The number of aromatic nitrogens is 1. The number of carbonyl (C=O) groups excluding carboxylic acids is 3. The molecule has 1 aromatic heterocycles. The minimum absolute atomic E-state index is 0.0780. The molecule has 2 aromatic rings. The van der Waals surface area contributed by atoms with Crippen LogP contribution in [-0.2, 0) is 16.9 Å². The van der Waals surface area contributed by atoms with Crippen LogP contribution in [0.1, 0.15) is 21.6 Å². The molecule has 1 fully saturated rings. The Morgan fingerprint density at radius 1 is 1.16 bits per heavy atom. The summed E-state index contributed by atoms with van der Waals surface area (Å²) >= 11 is 0. The second kappa shape index (κ2) is 5.37. The average molecular weight is 340 g/mol. The first kappa shape index (κ1) is 15.3. The van der Waals surface area contributed by atoms with E-state index in [4.69, 9.17) is 0 Å². The van der Waals surface area contributed by atoms with Gasteiger partial charge in [0.2, 0.25) is 0 Å². The Labute approximate surface area is 141 Å². The largest absolute Gasteiger partial charge is 0.329 e. The van der Waals surface area contributed by atoms with Gasteiger partial charge in [-0.25, -0.2) is 9.18 Å². The minimum atomic E-state index is -1.47. The maximum Gasteiger partial charge on any atom is 0.322 e. The normalized spacial score (nSPS) is 22.0. The highest BCUT2D eigenvalue weighted by atomic mass is 19.1. The van der Waals surface area contributed by atoms with Crippen LogP contribution < -0.4 is 10.6 Å². The number of rotatable bonds is 3. The lowest BCUT2D eigenvalue weighted by Gasteiger charge is -2.31. The second-order valence-corrected chi connectivity index (χ2v) is 5.98. The Kier molecular flexibility index (Phi) is 3.28. The van der Waals surface area contributed by atoms with E-state index in [0.29, 0.717) is 16.8 Å². The van der Waals surface area contributed by atoms with Gasteiger partial charge >= 0.3 is 6.03 Å². The molecule has 0 aliphatic carbocycles. The molecular weight excluding hydrogens is 327 g/mol. The fourth-order valence-corrected chi connectivity index (χ4v) is 3.23. The first-order valence-corrected chi connectivity index (χ1v) is 7.62. The van der Waals surface area contributed by atoms with Gasteiger partial charge in [-0.05, 0) is 29.8 Å². The zero-order valence-electron chi connectivity index (χ0n) is 13.0. The van der Waals surface area contributed by atoms with Crippen LogP contribution in [0.5, 0.6) is 0 Å². The molecule has 7 nitrogen and oxygen atoms in total. The Balaban J connectivity index is 1.72. The van der Waals surface area contributed by atoms with Crippen molar-refractivity contribution in [2.75, 3.05) is 6.54 Å². The van der Waals surface area contributed by atoms with Gasteiger partial charge in [-0.1, -0.05) is 12.1 Å². The average Bonchev–Trinajstić information content (AvgIpc) is 3.06. The molecule has 1 saturated heterocycles. The molecule has 25 heavy (non-hydrogen) atoms. The van der Waals surface area contributed by atoms with Gasteiger partial charge in [0.25, 0.3) is 11.8 Å². The van der Waals surface area contributed by atoms with Crippen LogP contribution in [0.3, 0.4) is 0 Å². The molecule has 0 saturated carbocycles. The van der Waals surface area contributed by atoms with Gasteiger partial charge in [0.1, 0.15) is 5.82 Å². The number of imide groups is 1. The smallest absolute Gasteiger partial charge is 0.322 e. The number of nitrogens with one attached hydrogen (secondary N) is 2. The van der Waals surface area contributed by atoms with Gasteiger partial charge in [0, 0.05) is 6.20 Å². The number of fused-ring (bicyclic) bond motifs is 1. The number of urea groups is 1. The fraction of sp³-hybridized carbons (Fsp3) is 0.176. The fourth-order valence-electron chi connectivity index (χ4n) is 3.23. The van der Waals surface area contributed by atoms with Gasteiger partial charge in [-0.15, -0.1) is 0 Å². The number of halogens is 1. The SMILES string of the molecule is O=C1NC(=O)[C@](CN2Cc3ncccc3C2=O)(c2ccc(F)cc2)N1. The van der Waals surface area contributed by atoms with Crippen molar-refractivity contribution in [1.82, 2.24) is 20.5 Å². The Bertz CT molecular complexity index is 899. The first-order chi connectivity index (χ1) is 12.0. The van der Waals surface area contributed by atoms with Gasteiger partial charge in [-0.3, -0.25) is 19.9 Å². The molecule has 2 aliphatic heterocycles. The summed E-state index contributed by atoms with van der Waals surface area (Å²) in [5.74, 6) is -1.31. The Morgan fingerprint density at radius 3 is 2.56 bits per heavy atom. The van der Waals surface area contributed by atoms with Crippen molar-refractivity contribution in [3.8, 4) is 0 Å². The molecule has 126 valence electrons. The van der Waals surface area contributed by atoms with Crippen LogP contribution in [0.4, 0.5) is 9.18 Å². The van der Waals surface area contributed by atoms with Crippen molar-refractivity contribution < 1.29 is 18.8 Å². The molecule has 2 aliphatic rings. The van der Waals surface area contributed by atoms with Gasteiger partial charge in [-0.2, -0.15) is 0 Å². The molecule has 1 aromatic carbocycles.